The highest BCUT2D eigenvalue weighted by atomic mass is 16.2. The lowest BCUT2D eigenvalue weighted by Gasteiger charge is -2.23. The number of carbonyl (C=O) groups is 1. The molecule has 0 unspecified atom stereocenters. The summed E-state index contributed by atoms with van der Waals surface area (Å²) < 4.78 is 0. The molecule has 0 saturated heterocycles. The van der Waals surface area contributed by atoms with Crippen molar-refractivity contribution in [3.05, 3.63) is 35.4 Å². The number of amides is 1. The number of aryl methyl sites for hydroxylation is 1. The standard InChI is InChI=1S/C15H24N2O/c1-11(2)17(5)15(18)10-16-13(4)14-9-7-6-8-12(14)3/h6-9,11,13,16H,10H2,1-5H3/t13-/m1/s1. The van der Waals surface area contributed by atoms with Crippen molar-refractivity contribution in [2.24, 2.45) is 0 Å². The lowest BCUT2D eigenvalue weighted by molar-refractivity contribution is -0.130. The summed E-state index contributed by atoms with van der Waals surface area (Å²) in [6, 6.07) is 8.69. The highest BCUT2D eigenvalue weighted by Gasteiger charge is 2.14. The van der Waals surface area contributed by atoms with Crippen LogP contribution in [0.1, 0.15) is 37.9 Å². The highest BCUT2D eigenvalue weighted by molar-refractivity contribution is 5.78. The maximum absolute atomic E-state index is 11.9. The van der Waals surface area contributed by atoms with Gasteiger partial charge in [-0.05, 0) is 38.8 Å². The Morgan fingerprint density at radius 1 is 1.28 bits per heavy atom. The number of hydrogen-bond acceptors (Lipinski definition) is 2. The molecule has 1 amide bonds. The fourth-order valence-corrected chi connectivity index (χ4v) is 1.84. The first-order valence-electron chi connectivity index (χ1n) is 6.48. The molecule has 1 rings (SSSR count). The van der Waals surface area contributed by atoms with Crippen LogP contribution in [0.4, 0.5) is 0 Å². The van der Waals surface area contributed by atoms with Gasteiger partial charge in [-0.2, -0.15) is 0 Å². The minimum absolute atomic E-state index is 0.130. The zero-order chi connectivity index (χ0) is 13.7. The van der Waals surface area contributed by atoms with Crippen molar-refractivity contribution < 1.29 is 4.79 Å². The Labute approximate surface area is 110 Å². The second-order valence-corrected chi connectivity index (χ2v) is 5.06. The summed E-state index contributed by atoms with van der Waals surface area (Å²) in [5.41, 5.74) is 2.50. The highest BCUT2D eigenvalue weighted by Crippen LogP contribution is 2.16. The van der Waals surface area contributed by atoms with Gasteiger partial charge in [0.2, 0.25) is 5.91 Å². The summed E-state index contributed by atoms with van der Waals surface area (Å²) in [5.74, 6) is 0.130. The molecule has 0 radical (unpaired) electrons. The Morgan fingerprint density at radius 2 is 1.89 bits per heavy atom. The third-order valence-corrected chi connectivity index (χ3v) is 3.38. The third kappa shape index (κ3) is 3.84. The smallest absolute Gasteiger partial charge is 0.236 e. The van der Waals surface area contributed by atoms with Crippen LogP contribution < -0.4 is 5.32 Å². The van der Waals surface area contributed by atoms with Crippen molar-refractivity contribution in [1.29, 1.82) is 0 Å². The van der Waals surface area contributed by atoms with E-state index in [-0.39, 0.29) is 18.0 Å². The van der Waals surface area contributed by atoms with Gasteiger partial charge in [0, 0.05) is 19.1 Å². The maximum atomic E-state index is 11.9. The van der Waals surface area contributed by atoms with Gasteiger partial charge in [-0.1, -0.05) is 24.3 Å². The molecule has 3 nitrogen and oxygen atoms in total. The van der Waals surface area contributed by atoms with E-state index >= 15 is 0 Å². The monoisotopic (exact) mass is 248 g/mol. The van der Waals surface area contributed by atoms with Crippen molar-refractivity contribution in [2.45, 2.75) is 39.8 Å². The van der Waals surface area contributed by atoms with Gasteiger partial charge in [0.1, 0.15) is 0 Å². The quantitative estimate of drug-likeness (QED) is 0.868. The molecule has 0 bridgehead atoms. The van der Waals surface area contributed by atoms with Gasteiger partial charge >= 0.3 is 0 Å². The SMILES string of the molecule is Cc1ccccc1[C@@H](C)NCC(=O)N(C)C(C)C. The van der Waals surface area contributed by atoms with Crippen molar-refractivity contribution in [3.63, 3.8) is 0 Å². The number of likely N-dealkylation sites (N-methyl/N-ethyl adjacent to an activating group) is 1. The van der Waals surface area contributed by atoms with Gasteiger partial charge in [-0.15, -0.1) is 0 Å². The molecular weight excluding hydrogens is 224 g/mol. The largest absolute Gasteiger partial charge is 0.342 e. The number of hydrogen-bond donors (Lipinski definition) is 1. The van der Waals surface area contributed by atoms with Crippen molar-refractivity contribution in [2.75, 3.05) is 13.6 Å². The van der Waals surface area contributed by atoms with Gasteiger partial charge in [0.25, 0.3) is 0 Å². The van der Waals surface area contributed by atoms with E-state index < -0.39 is 0 Å². The molecule has 0 fully saturated rings. The predicted molar refractivity (Wildman–Crippen MR) is 75.5 cm³/mol. The number of nitrogens with zero attached hydrogens (tertiary/aromatic N) is 1. The Morgan fingerprint density at radius 3 is 2.44 bits per heavy atom. The number of carbonyl (C=O) groups excluding carboxylic acids is 1. The van der Waals surface area contributed by atoms with Crippen LogP contribution in [0.3, 0.4) is 0 Å². The van der Waals surface area contributed by atoms with E-state index in [4.69, 9.17) is 0 Å². The first-order chi connectivity index (χ1) is 8.43. The van der Waals surface area contributed by atoms with Gasteiger partial charge in [-0.3, -0.25) is 4.79 Å². The van der Waals surface area contributed by atoms with Crippen LogP contribution in [0.15, 0.2) is 24.3 Å². The number of benzene rings is 1. The van der Waals surface area contributed by atoms with E-state index in [1.807, 2.05) is 33.0 Å². The fourth-order valence-electron chi connectivity index (χ4n) is 1.84. The van der Waals surface area contributed by atoms with Gasteiger partial charge in [0.05, 0.1) is 6.54 Å². The van der Waals surface area contributed by atoms with Crippen LogP contribution in [0, 0.1) is 6.92 Å². The molecule has 0 heterocycles. The van der Waals surface area contributed by atoms with E-state index in [9.17, 15) is 4.79 Å². The molecule has 1 aromatic carbocycles. The van der Waals surface area contributed by atoms with Crippen LogP contribution in [-0.4, -0.2) is 30.4 Å². The molecule has 1 aromatic rings. The van der Waals surface area contributed by atoms with E-state index in [0.29, 0.717) is 6.54 Å². The van der Waals surface area contributed by atoms with E-state index in [2.05, 4.69) is 31.3 Å². The molecular formula is C15H24N2O. The number of rotatable bonds is 5. The molecule has 0 aliphatic rings. The van der Waals surface area contributed by atoms with Crippen LogP contribution in [0.25, 0.3) is 0 Å². The molecule has 0 saturated carbocycles. The summed E-state index contributed by atoms with van der Waals surface area (Å²) in [6.07, 6.45) is 0. The average Bonchev–Trinajstić information content (AvgIpc) is 2.35. The van der Waals surface area contributed by atoms with E-state index in [0.717, 1.165) is 0 Å². The maximum Gasteiger partial charge on any atom is 0.236 e. The first-order valence-corrected chi connectivity index (χ1v) is 6.48. The zero-order valence-electron chi connectivity index (χ0n) is 12.0. The van der Waals surface area contributed by atoms with E-state index in [1.54, 1.807) is 4.90 Å². The molecule has 0 aliphatic heterocycles. The van der Waals surface area contributed by atoms with Crippen molar-refractivity contribution in [1.82, 2.24) is 10.2 Å². The molecule has 1 atom stereocenters. The lowest BCUT2D eigenvalue weighted by Crippen LogP contribution is -2.40. The lowest BCUT2D eigenvalue weighted by atomic mass is 10.0. The first kappa shape index (κ1) is 14.7. The molecule has 3 heteroatoms. The molecule has 18 heavy (non-hydrogen) atoms. The summed E-state index contributed by atoms with van der Waals surface area (Å²) in [4.78, 5) is 13.6. The predicted octanol–water partition coefficient (Wildman–Crippen LogP) is 2.51. The molecule has 100 valence electrons. The minimum atomic E-state index is 0.130. The van der Waals surface area contributed by atoms with Crippen LogP contribution >= 0.6 is 0 Å². The average molecular weight is 248 g/mol. The summed E-state index contributed by atoms with van der Waals surface area (Å²) in [5, 5.41) is 3.28. The third-order valence-electron chi connectivity index (χ3n) is 3.38. The Kier molecular flexibility index (Phi) is 5.35. The summed E-state index contributed by atoms with van der Waals surface area (Å²) >= 11 is 0. The molecule has 0 aliphatic carbocycles. The van der Waals surface area contributed by atoms with Gasteiger partial charge in [0.15, 0.2) is 0 Å². The second kappa shape index (κ2) is 6.55. The molecule has 1 N–H and O–H groups in total. The summed E-state index contributed by atoms with van der Waals surface area (Å²) in [7, 11) is 1.84. The van der Waals surface area contributed by atoms with Gasteiger partial charge in [-0.25, -0.2) is 0 Å². The van der Waals surface area contributed by atoms with Gasteiger partial charge < -0.3 is 10.2 Å². The summed E-state index contributed by atoms with van der Waals surface area (Å²) in [6.45, 7) is 8.59. The topological polar surface area (TPSA) is 32.3 Å². The minimum Gasteiger partial charge on any atom is -0.342 e. The van der Waals surface area contributed by atoms with Crippen LogP contribution in [-0.2, 0) is 4.79 Å². The molecule has 0 spiro atoms. The Hall–Kier alpha value is -1.35. The zero-order valence-corrected chi connectivity index (χ0v) is 12.0. The van der Waals surface area contributed by atoms with Crippen molar-refractivity contribution >= 4 is 5.91 Å². The number of nitrogens with one attached hydrogen (secondary N) is 1. The van der Waals surface area contributed by atoms with Crippen LogP contribution in [0.5, 0.6) is 0 Å². The molecule has 0 aromatic heterocycles. The fraction of sp³-hybridized carbons (Fsp3) is 0.533. The Bertz CT molecular complexity index is 401. The van der Waals surface area contributed by atoms with E-state index in [1.165, 1.54) is 11.1 Å². The Balaban J connectivity index is 2.54. The van der Waals surface area contributed by atoms with Crippen LogP contribution in [0.2, 0.25) is 0 Å². The van der Waals surface area contributed by atoms with Crippen molar-refractivity contribution in [3.8, 4) is 0 Å². The normalized spacial score (nSPS) is 12.6. The second-order valence-electron chi connectivity index (χ2n) is 5.06.